The third kappa shape index (κ3) is 9.18. The zero-order valence-corrected chi connectivity index (χ0v) is 30.1. The smallest absolute Gasteiger partial charge is 0.430 e. The van der Waals surface area contributed by atoms with Gasteiger partial charge in [0.2, 0.25) is 10.0 Å². The molecule has 2 fully saturated rings. The lowest BCUT2D eigenvalue weighted by Gasteiger charge is -2.49. The summed E-state index contributed by atoms with van der Waals surface area (Å²) in [6.45, 7) is 10.4. The number of carboxylic acids is 1. The fourth-order valence-electron chi connectivity index (χ4n) is 6.77. The van der Waals surface area contributed by atoms with Gasteiger partial charge in [-0.25, -0.2) is 21.9 Å². The summed E-state index contributed by atoms with van der Waals surface area (Å²) in [5, 5.41) is 11.8. The Morgan fingerprint density at radius 1 is 1.06 bits per heavy atom. The fourth-order valence-corrected chi connectivity index (χ4v) is 7.67. The minimum Gasteiger partial charge on any atom is -0.542 e. The van der Waals surface area contributed by atoms with Gasteiger partial charge in [-0.2, -0.15) is 13.2 Å². The molecule has 3 aromatic carbocycles. The Kier molecular flexibility index (Phi) is 12.1. The van der Waals surface area contributed by atoms with Gasteiger partial charge in [-0.1, -0.05) is 31.2 Å². The molecular formula is C36H44F4N4O6S. The number of benzene rings is 3. The van der Waals surface area contributed by atoms with Gasteiger partial charge in [0.1, 0.15) is 24.1 Å². The van der Waals surface area contributed by atoms with Crippen molar-refractivity contribution in [3.63, 3.8) is 0 Å². The van der Waals surface area contributed by atoms with Crippen LogP contribution in [0.15, 0.2) is 71.6 Å². The monoisotopic (exact) mass is 736 g/mol. The molecule has 15 heteroatoms. The van der Waals surface area contributed by atoms with E-state index < -0.39 is 33.5 Å². The maximum absolute atomic E-state index is 14.8. The predicted octanol–water partition coefficient (Wildman–Crippen LogP) is 5.32. The minimum absolute atomic E-state index is 0.106. The van der Waals surface area contributed by atoms with Crippen LogP contribution in [0.1, 0.15) is 45.6 Å². The standard InChI is InChI=1S/C34H43FN4O4S.C2HF3O2/c1-6-18-39(23-26-8-7-9-29(21-26)43-25(2)3)19-16-34(17-20-39)24-36-33(40)38(34)32-22-28(35)12-15-31(32)27-10-13-30(14-11-27)44(41,42)37(4)5;3-2(4,5)1(6)7/h7-15,21-22,25H,6,16-20,23-24H2,1-5H3;(H,6,7). The summed E-state index contributed by atoms with van der Waals surface area (Å²) in [7, 11) is -0.617. The van der Waals surface area contributed by atoms with Gasteiger partial charge in [0, 0.05) is 44.6 Å². The second kappa shape index (κ2) is 15.6. The Labute approximate surface area is 296 Å². The number of nitrogens with zero attached hydrogens (tertiary/aromatic N) is 3. The highest BCUT2D eigenvalue weighted by atomic mass is 32.2. The lowest BCUT2D eigenvalue weighted by Crippen LogP contribution is -2.62. The lowest BCUT2D eigenvalue weighted by atomic mass is 9.84. The first-order valence-corrected chi connectivity index (χ1v) is 18.1. The van der Waals surface area contributed by atoms with Crippen molar-refractivity contribution < 1.29 is 49.9 Å². The number of amides is 2. The average molecular weight is 737 g/mol. The molecule has 0 aliphatic carbocycles. The summed E-state index contributed by atoms with van der Waals surface area (Å²) in [5.74, 6) is -2.56. The number of nitrogens with one attached hydrogen (secondary N) is 1. The van der Waals surface area contributed by atoms with E-state index >= 15 is 0 Å². The second-order valence-electron chi connectivity index (χ2n) is 13.5. The van der Waals surface area contributed by atoms with E-state index in [1.54, 1.807) is 35.2 Å². The number of urea groups is 1. The number of carbonyl (C=O) groups is 2. The highest BCUT2D eigenvalue weighted by molar-refractivity contribution is 7.89. The van der Waals surface area contributed by atoms with Crippen LogP contribution in [0.2, 0.25) is 0 Å². The Bertz CT molecular complexity index is 1810. The van der Waals surface area contributed by atoms with Crippen LogP contribution < -0.4 is 20.1 Å². The molecule has 51 heavy (non-hydrogen) atoms. The van der Waals surface area contributed by atoms with Gasteiger partial charge in [-0.15, -0.1) is 0 Å². The summed E-state index contributed by atoms with van der Waals surface area (Å²) in [4.78, 5) is 24.2. The SMILES string of the molecule is CCC[N+]1(Cc2cccc(OC(C)C)c2)CCC2(CC1)CNC(=O)N2c1cc(F)ccc1-c1ccc(S(=O)(=O)N(C)C)cc1.O=C([O-])C(F)(F)F. The first kappa shape index (κ1) is 39.6. The van der Waals surface area contributed by atoms with Crippen molar-refractivity contribution in [2.24, 2.45) is 0 Å². The van der Waals surface area contributed by atoms with Gasteiger partial charge in [-0.3, -0.25) is 4.90 Å². The Morgan fingerprint density at radius 2 is 1.69 bits per heavy atom. The topological polar surface area (TPSA) is 119 Å². The highest BCUT2D eigenvalue weighted by Crippen LogP contribution is 2.43. The van der Waals surface area contributed by atoms with Crippen LogP contribution in [-0.4, -0.2) is 87.3 Å². The molecule has 2 heterocycles. The van der Waals surface area contributed by atoms with Gasteiger partial charge in [-0.05, 0) is 68.3 Å². The van der Waals surface area contributed by atoms with Crippen LogP contribution >= 0.6 is 0 Å². The second-order valence-corrected chi connectivity index (χ2v) is 15.6. The number of hydrogen-bond acceptors (Lipinski definition) is 6. The normalized spacial score (nSPS) is 20.7. The summed E-state index contributed by atoms with van der Waals surface area (Å²) < 4.78 is 79.7. The van der Waals surface area contributed by atoms with Crippen molar-refractivity contribution in [2.75, 3.05) is 45.2 Å². The van der Waals surface area contributed by atoms with Crippen molar-refractivity contribution in [1.29, 1.82) is 0 Å². The number of carboxylic acid groups (broad SMARTS) is 1. The van der Waals surface area contributed by atoms with E-state index in [-0.39, 0.29) is 17.0 Å². The third-order valence-electron chi connectivity index (χ3n) is 9.21. The molecule has 2 aliphatic heterocycles. The van der Waals surface area contributed by atoms with Crippen molar-refractivity contribution in [3.05, 3.63) is 78.1 Å². The fraction of sp³-hybridized carbons (Fsp3) is 0.444. The van der Waals surface area contributed by atoms with Gasteiger partial charge in [0.05, 0.1) is 41.9 Å². The Hall–Kier alpha value is -4.21. The predicted molar refractivity (Wildman–Crippen MR) is 183 cm³/mol. The molecule has 10 nitrogen and oxygen atoms in total. The third-order valence-corrected chi connectivity index (χ3v) is 11.0. The maximum atomic E-state index is 14.8. The average Bonchev–Trinajstić information content (AvgIpc) is 3.37. The molecular weight excluding hydrogens is 692 g/mol. The number of carbonyl (C=O) groups excluding carboxylic acids is 2. The number of rotatable bonds is 10. The molecule has 278 valence electrons. The number of likely N-dealkylation sites (tertiary alicyclic amines) is 1. The molecule has 2 amide bonds. The summed E-state index contributed by atoms with van der Waals surface area (Å²) >= 11 is 0. The Balaban J connectivity index is 0.000000755. The van der Waals surface area contributed by atoms with E-state index in [9.17, 15) is 30.8 Å². The van der Waals surface area contributed by atoms with E-state index in [2.05, 4.69) is 30.4 Å². The van der Waals surface area contributed by atoms with Crippen LogP contribution in [0.3, 0.4) is 0 Å². The molecule has 2 aliphatic rings. The highest BCUT2D eigenvalue weighted by Gasteiger charge is 2.52. The molecule has 0 radical (unpaired) electrons. The van der Waals surface area contributed by atoms with Crippen molar-refractivity contribution in [1.82, 2.24) is 9.62 Å². The zero-order valence-electron chi connectivity index (χ0n) is 29.3. The van der Waals surface area contributed by atoms with Crippen LogP contribution in [0, 0.1) is 5.82 Å². The molecule has 1 spiro atoms. The first-order chi connectivity index (χ1) is 23.8. The summed E-state index contributed by atoms with van der Waals surface area (Å²) in [6, 6.07) is 19.1. The van der Waals surface area contributed by atoms with Gasteiger partial charge in [0.15, 0.2) is 0 Å². The molecule has 0 aromatic heterocycles. The largest absolute Gasteiger partial charge is 0.542 e. The van der Waals surface area contributed by atoms with Crippen molar-refractivity contribution in [2.45, 2.75) is 69.3 Å². The van der Waals surface area contributed by atoms with E-state index in [0.717, 1.165) is 55.7 Å². The van der Waals surface area contributed by atoms with Gasteiger partial charge in [0.25, 0.3) is 0 Å². The molecule has 3 aromatic rings. The number of aliphatic carboxylic acids is 1. The number of piperidine rings is 1. The van der Waals surface area contributed by atoms with E-state index in [4.69, 9.17) is 14.6 Å². The number of hydrogen-bond donors (Lipinski definition) is 1. The molecule has 1 N–H and O–H groups in total. The van der Waals surface area contributed by atoms with Crippen molar-refractivity contribution >= 4 is 27.7 Å². The molecule has 0 atom stereocenters. The molecule has 5 rings (SSSR count). The quantitative estimate of drug-likeness (QED) is 0.223. The number of sulfonamides is 1. The first-order valence-electron chi connectivity index (χ1n) is 16.6. The number of quaternary nitrogens is 1. The maximum Gasteiger partial charge on any atom is 0.430 e. The van der Waals surface area contributed by atoms with Crippen LogP contribution in [0.25, 0.3) is 11.1 Å². The minimum atomic E-state index is -5.19. The number of halogens is 4. The van der Waals surface area contributed by atoms with Crippen LogP contribution in [0.5, 0.6) is 5.75 Å². The van der Waals surface area contributed by atoms with E-state index in [0.29, 0.717) is 23.4 Å². The van der Waals surface area contributed by atoms with Crippen molar-refractivity contribution in [3.8, 4) is 16.9 Å². The molecule has 0 unspecified atom stereocenters. The Morgan fingerprint density at radius 3 is 2.24 bits per heavy atom. The number of ether oxygens (including phenoxy) is 1. The number of alkyl halides is 3. The number of anilines is 1. The van der Waals surface area contributed by atoms with Gasteiger partial charge < -0.3 is 24.4 Å². The lowest BCUT2D eigenvalue weighted by molar-refractivity contribution is -0.946. The van der Waals surface area contributed by atoms with E-state index in [1.165, 1.54) is 36.1 Å². The molecule has 0 bridgehead atoms. The molecule has 2 saturated heterocycles. The molecule has 0 saturated carbocycles. The van der Waals surface area contributed by atoms with Crippen LogP contribution in [-0.2, 0) is 21.4 Å². The van der Waals surface area contributed by atoms with E-state index in [1.807, 2.05) is 19.9 Å². The van der Waals surface area contributed by atoms with Crippen LogP contribution in [0.4, 0.5) is 28.0 Å². The zero-order chi connectivity index (χ0) is 37.8. The summed E-state index contributed by atoms with van der Waals surface area (Å²) in [6.07, 6.45) is -2.51. The van der Waals surface area contributed by atoms with Gasteiger partial charge >= 0.3 is 12.2 Å². The summed E-state index contributed by atoms with van der Waals surface area (Å²) in [5.41, 5.74) is 2.63.